The second kappa shape index (κ2) is 6.98. The number of benzene rings is 1. The van der Waals surface area contributed by atoms with E-state index in [0.717, 1.165) is 0 Å². The van der Waals surface area contributed by atoms with Crippen molar-refractivity contribution in [3.63, 3.8) is 0 Å². The van der Waals surface area contributed by atoms with E-state index in [4.69, 9.17) is 0 Å². The minimum Gasteiger partial charge on any atom is -0.507 e. The first-order valence-electron chi connectivity index (χ1n) is 5.89. The van der Waals surface area contributed by atoms with Crippen LogP contribution < -0.4 is 5.32 Å². The highest BCUT2D eigenvalue weighted by molar-refractivity contribution is 9.10. The van der Waals surface area contributed by atoms with Gasteiger partial charge in [-0.15, -0.1) is 12.4 Å². The molecule has 0 saturated carbocycles. The van der Waals surface area contributed by atoms with Crippen molar-refractivity contribution in [2.75, 3.05) is 26.2 Å². The lowest BCUT2D eigenvalue weighted by Crippen LogP contribution is -2.49. The Kier molecular flexibility index (Phi) is 6.12. The summed E-state index contributed by atoms with van der Waals surface area (Å²) in [5.74, 6) is -0.0648. The Balaban J connectivity index is 0.00000200. The molecule has 1 heterocycles. The van der Waals surface area contributed by atoms with Crippen LogP contribution in [0.2, 0.25) is 0 Å². The molecule has 2 N–H and O–H groups in total. The lowest BCUT2D eigenvalue weighted by atomic mass is 10.0. The number of aromatic hydroxyl groups is 1. The maximum atomic E-state index is 13.3. The lowest BCUT2D eigenvalue weighted by Gasteiger charge is -2.36. The highest BCUT2D eigenvalue weighted by Gasteiger charge is 2.44. The normalized spacial score (nSPS) is 18.4. The molecule has 2 rings (SSSR count). The van der Waals surface area contributed by atoms with Crippen LogP contribution in [0, 0.1) is 0 Å². The summed E-state index contributed by atoms with van der Waals surface area (Å²) in [5.41, 5.74) is 0.138. The zero-order chi connectivity index (χ0) is 14.0. The summed E-state index contributed by atoms with van der Waals surface area (Å²) in [6.45, 7) is 1.79. The average molecular weight is 376 g/mol. The van der Waals surface area contributed by atoms with Gasteiger partial charge in [0.05, 0.1) is 4.47 Å². The molecule has 1 fully saturated rings. The van der Waals surface area contributed by atoms with Crippen molar-refractivity contribution in [2.45, 2.75) is 12.2 Å². The monoisotopic (exact) mass is 374 g/mol. The Labute approximate surface area is 129 Å². The molecule has 0 radical (unpaired) electrons. The van der Waals surface area contributed by atoms with E-state index in [2.05, 4.69) is 21.2 Å². The highest BCUT2D eigenvalue weighted by atomic mass is 79.9. The van der Waals surface area contributed by atoms with Gasteiger partial charge < -0.3 is 10.4 Å². The van der Waals surface area contributed by atoms with E-state index in [-0.39, 0.29) is 28.2 Å². The van der Waals surface area contributed by atoms with Gasteiger partial charge in [-0.1, -0.05) is 6.07 Å². The van der Waals surface area contributed by atoms with Crippen molar-refractivity contribution in [3.8, 4) is 5.75 Å². The molecule has 0 bridgehead atoms. The quantitative estimate of drug-likeness (QED) is 0.834. The predicted molar refractivity (Wildman–Crippen MR) is 76.3 cm³/mol. The zero-order valence-electron chi connectivity index (χ0n) is 10.5. The van der Waals surface area contributed by atoms with E-state index in [0.29, 0.717) is 26.2 Å². The molecule has 1 atom stereocenters. The molecule has 3 nitrogen and oxygen atoms in total. The predicted octanol–water partition coefficient (Wildman–Crippen LogP) is 3.09. The van der Waals surface area contributed by atoms with Crippen LogP contribution in [0.1, 0.15) is 11.6 Å². The van der Waals surface area contributed by atoms with Gasteiger partial charge in [-0.25, -0.2) is 0 Å². The first kappa shape index (κ1) is 17.6. The van der Waals surface area contributed by atoms with Crippen LogP contribution in [-0.4, -0.2) is 42.4 Å². The van der Waals surface area contributed by atoms with Gasteiger partial charge in [0.15, 0.2) is 0 Å². The molecule has 1 aromatic carbocycles. The Morgan fingerprint density at radius 1 is 1.25 bits per heavy atom. The SMILES string of the molecule is Cl.Oc1ccc([C@@H](N2CCNCC2)C(F)(F)F)cc1Br. The summed E-state index contributed by atoms with van der Waals surface area (Å²) in [5, 5.41) is 12.4. The summed E-state index contributed by atoms with van der Waals surface area (Å²) >= 11 is 3.06. The van der Waals surface area contributed by atoms with E-state index in [1.165, 1.54) is 23.1 Å². The summed E-state index contributed by atoms with van der Waals surface area (Å²) in [6, 6.07) is 2.29. The molecule has 0 aliphatic carbocycles. The van der Waals surface area contributed by atoms with E-state index in [1.807, 2.05) is 0 Å². The van der Waals surface area contributed by atoms with E-state index < -0.39 is 12.2 Å². The first-order valence-corrected chi connectivity index (χ1v) is 6.69. The van der Waals surface area contributed by atoms with E-state index in [9.17, 15) is 18.3 Å². The van der Waals surface area contributed by atoms with Crippen molar-refractivity contribution in [1.82, 2.24) is 10.2 Å². The first-order chi connectivity index (χ1) is 8.89. The number of halogens is 5. The largest absolute Gasteiger partial charge is 0.507 e. The Morgan fingerprint density at radius 2 is 1.85 bits per heavy atom. The van der Waals surface area contributed by atoms with Crippen molar-refractivity contribution < 1.29 is 18.3 Å². The molecule has 114 valence electrons. The number of phenolic OH excluding ortho intramolecular Hbond substituents is 1. The maximum absolute atomic E-state index is 13.3. The molecule has 1 aliphatic heterocycles. The second-order valence-electron chi connectivity index (χ2n) is 4.44. The molecule has 0 unspecified atom stereocenters. The summed E-state index contributed by atoms with van der Waals surface area (Å²) in [7, 11) is 0. The maximum Gasteiger partial charge on any atom is 0.408 e. The Morgan fingerprint density at radius 3 is 2.35 bits per heavy atom. The minimum absolute atomic E-state index is 0. The van der Waals surface area contributed by atoms with E-state index >= 15 is 0 Å². The smallest absolute Gasteiger partial charge is 0.408 e. The van der Waals surface area contributed by atoms with Crippen molar-refractivity contribution in [3.05, 3.63) is 28.2 Å². The van der Waals surface area contributed by atoms with Gasteiger partial charge in [-0.3, -0.25) is 4.90 Å². The number of alkyl halides is 3. The second-order valence-corrected chi connectivity index (χ2v) is 5.30. The number of nitrogens with zero attached hydrogens (tertiary/aromatic N) is 1. The Hall–Kier alpha value is -0.500. The van der Waals surface area contributed by atoms with Gasteiger partial charge in [-0.2, -0.15) is 13.2 Å². The molecule has 0 aromatic heterocycles. The third-order valence-electron chi connectivity index (χ3n) is 3.11. The molecular weight excluding hydrogens is 360 g/mol. The van der Waals surface area contributed by atoms with Crippen molar-refractivity contribution in [1.29, 1.82) is 0 Å². The van der Waals surface area contributed by atoms with Crippen LogP contribution in [0.4, 0.5) is 13.2 Å². The Bertz CT molecular complexity index is 453. The van der Waals surface area contributed by atoms with E-state index in [1.54, 1.807) is 0 Å². The van der Waals surface area contributed by atoms with Crippen LogP contribution >= 0.6 is 28.3 Å². The van der Waals surface area contributed by atoms with Gasteiger partial charge >= 0.3 is 6.18 Å². The fourth-order valence-corrected chi connectivity index (χ4v) is 2.64. The van der Waals surface area contributed by atoms with Gasteiger partial charge in [-0.05, 0) is 33.6 Å². The number of hydrogen-bond acceptors (Lipinski definition) is 3. The van der Waals surface area contributed by atoms with Crippen LogP contribution in [-0.2, 0) is 0 Å². The number of hydrogen-bond donors (Lipinski definition) is 2. The zero-order valence-corrected chi connectivity index (χ0v) is 12.9. The van der Waals surface area contributed by atoms with Crippen LogP contribution in [0.3, 0.4) is 0 Å². The molecule has 1 aromatic rings. The summed E-state index contributed by atoms with van der Waals surface area (Å²) in [6.07, 6.45) is -4.34. The third-order valence-corrected chi connectivity index (χ3v) is 3.75. The molecule has 1 saturated heterocycles. The fourth-order valence-electron chi connectivity index (χ4n) is 2.24. The molecule has 1 aliphatic rings. The number of nitrogens with one attached hydrogen (secondary N) is 1. The fraction of sp³-hybridized carbons (Fsp3) is 0.500. The number of piperazine rings is 1. The molecule has 8 heteroatoms. The van der Waals surface area contributed by atoms with Crippen LogP contribution in [0.5, 0.6) is 5.75 Å². The van der Waals surface area contributed by atoms with Gasteiger partial charge in [0.1, 0.15) is 11.8 Å². The lowest BCUT2D eigenvalue weighted by molar-refractivity contribution is -0.187. The topological polar surface area (TPSA) is 35.5 Å². The van der Waals surface area contributed by atoms with Crippen LogP contribution in [0.15, 0.2) is 22.7 Å². The van der Waals surface area contributed by atoms with Gasteiger partial charge in [0, 0.05) is 26.2 Å². The summed E-state index contributed by atoms with van der Waals surface area (Å²) < 4.78 is 40.1. The molecule has 20 heavy (non-hydrogen) atoms. The van der Waals surface area contributed by atoms with Gasteiger partial charge in [0.25, 0.3) is 0 Å². The van der Waals surface area contributed by atoms with Gasteiger partial charge in [0.2, 0.25) is 0 Å². The number of rotatable bonds is 2. The third kappa shape index (κ3) is 4.00. The number of phenols is 1. The summed E-state index contributed by atoms with van der Waals surface area (Å²) in [4.78, 5) is 1.41. The average Bonchev–Trinajstić information content (AvgIpc) is 2.34. The van der Waals surface area contributed by atoms with Crippen molar-refractivity contribution in [2.24, 2.45) is 0 Å². The van der Waals surface area contributed by atoms with Crippen LogP contribution in [0.25, 0.3) is 0 Å². The molecule has 0 spiro atoms. The molecule has 0 amide bonds. The standard InChI is InChI=1S/C12H14BrF3N2O.ClH/c13-9-7-8(1-2-10(9)19)11(12(14,15)16)18-5-3-17-4-6-18;/h1-2,7,11,17,19H,3-6H2;1H/t11-;/m1./s1. The highest BCUT2D eigenvalue weighted by Crippen LogP contribution is 2.39. The molecular formula is C12H15BrClF3N2O. The van der Waals surface area contributed by atoms with Crippen molar-refractivity contribution >= 4 is 28.3 Å². The minimum atomic E-state index is -4.34.